The van der Waals surface area contributed by atoms with E-state index in [1.807, 2.05) is 53.6 Å². The molecule has 1 aliphatic heterocycles. The Morgan fingerprint density at radius 3 is 2.28 bits per heavy atom. The lowest BCUT2D eigenvalue weighted by Gasteiger charge is -2.34. The van der Waals surface area contributed by atoms with E-state index in [1.165, 1.54) is 5.56 Å². The van der Waals surface area contributed by atoms with E-state index in [0.29, 0.717) is 44.9 Å². The van der Waals surface area contributed by atoms with Crippen molar-refractivity contribution in [3.8, 4) is 0 Å². The first-order chi connectivity index (χ1) is 14.2. The van der Waals surface area contributed by atoms with E-state index >= 15 is 0 Å². The van der Waals surface area contributed by atoms with Crippen molar-refractivity contribution >= 4 is 22.9 Å². The van der Waals surface area contributed by atoms with E-state index in [-0.39, 0.29) is 12.0 Å². The molecule has 2 heterocycles. The summed E-state index contributed by atoms with van der Waals surface area (Å²) in [5.74, 6) is 0.0107. The lowest BCUT2D eigenvalue weighted by atomic mass is 10.1. The number of piperazine rings is 1. The Morgan fingerprint density at radius 1 is 0.897 bits per heavy atom. The molecule has 2 aromatic carbocycles. The molecule has 0 spiro atoms. The van der Waals surface area contributed by atoms with E-state index in [9.17, 15) is 9.59 Å². The van der Waals surface area contributed by atoms with Gasteiger partial charge in [-0.15, -0.1) is 0 Å². The fourth-order valence-corrected chi connectivity index (χ4v) is 3.81. The van der Waals surface area contributed by atoms with E-state index < -0.39 is 0 Å². The van der Waals surface area contributed by atoms with Gasteiger partial charge in [0.1, 0.15) is 0 Å². The van der Waals surface area contributed by atoms with Crippen molar-refractivity contribution in [1.29, 1.82) is 0 Å². The Hall–Kier alpha value is -3.28. The second-order valence-corrected chi connectivity index (χ2v) is 7.15. The lowest BCUT2D eigenvalue weighted by molar-refractivity contribution is 0.0572. The largest absolute Gasteiger partial charge is 0.450 e. The van der Waals surface area contributed by atoms with Gasteiger partial charge in [-0.2, -0.15) is 0 Å². The smallest absolute Gasteiger partial charge is 0.409 e. The average molecular weight is 391 g/mol. The van der Waals surface area contributed by atoms with Crippen LogP contribution in [0.1, 0.15) is 22.8 Å². The summed E-state index contributed by atoms with van der Waals surface area (Å²) in [4.78, 5) is 28.6. The average Bonchev–Trinajstić information content (AvgIpc) is 3.13. The molecule has 0 N–H and O–H groups in total. The van der Waals surface area contributed by atoms with Crippen molar-refractivity contribution in [3.05, 3.63) is 71.9 Å². The minimum atomic E-state index is -0.306. The zero-order valence-electron chi connectivity index (χ0n) is 16.6. The maximum Gasteiger partial charge on any atom is 0.409 e. The molecule has 0 bridgehead atoms. The van der Waals surface area contributed by atoms with Crippen LogP contribution in [0, 0.1) is 0 Å². The second kappa shape index (κ2) is 8.39. The van der Waals surface area contributed by atoms with Crippen LogP contribution < -0.4 is 0 Å². The third-order valence-corrected chi connectivity index (χ3v) is 5.31. The van der Waals surface area contributed by atoms with Gasteiger partial charge < -0.3 is 19.1 Å². The van der Waals surface area contributed by atoms with E-state index in [1.54, 1.807) is 11.8 Å². The Balaban J connectivity index is 1.55. The number of rotatable bonds is 4. The zero-order chi connectivity index (χ0) is 20.2. The molecule has 4 rings (SSSR count). The summed E-state index contributed by atoms with van der Waals surface area (Å²) in [6.45, 7) is 4.87. The van der Waals surface area contributed by atoms with Crippen molar-refractivity contribution in [3.63, 3.8) is 0 Å². The zero-order valence-corrected chi connectivity index (χ0v) is 16.6. The number of carbonyl (C=O) groups is 2. The molecule has 3 aromatic rings. The van der Waals surface area contributed by atoms with Gasteiger partial charge in [-0.3, -0.25) is 4.79 Å². The number of nitrogens with zero attached hydrogens (tertiary/aromatic N) is 3. The number of benzene rings is 2. The molecule has 29 heavy (non-hydrogen) atoms. The van der Waals surface area contributed by atoms with Gasteiger partial charge in [0.2, 0.25) is 0 Å². The lowest BCUT2D eigenvalue weighted by Crippen LogP contribution is -2.50. The van der Waals surface area contributed by atoms with Gasteiger partial charge in [0.25, 0.3) is 5.91 Å². The van der Waals surface area contributed by atoms with Crippen LogP contribution in [0.5, 0.6) is 0 Å². The number of hydrogen-bond donors (Lipinski definition) is 0. The van der Waals surface area contributed by atoms with Gasteiger partial charge in [-0.25, -0.2) is 4.79 Å². The fourth-order valence-electron chi connectivity index (χ4n) is 3.81. The molecule has 0 saturated carbocycles. The molecule has 0 atom stereocenters. The minimum absolute atomic E-state index is 0.0107. The van der Waals surface area contributed by atoms with Crippen molar-refractivity contribution in [1.82, 2.24) is 14.4 Å². The molecular formula is C23H25N3O3. The molecule has 1 fully saturated rings. The highest BCUT2D eigenvalue weighted by atomic mass is 16.6. The van der Waals surface area contributed by atoms with Crippen LogP contribution in [0.3, 0.4) is 0 Å². The van der Waals surface area contributed by atoms with Gasteiger partial charge in [0, 0.05) is 49.8 Å². The number of fused-ring (bicyclic) bond motifs is 1. The quantitative estimate of drug-likeness (QED) is 0.683. The van der Waals surface area contributed by atoms with Crippen LogP contribution in [0.4, 0.5) is 4.79 Å². The van der Waals surface area contributed by atoms with Crippen LogP contribution in [-0.4, -0.2) is 59.2 Å². The first-order valence-corrected chi connectivity index (χ1v) is 10.00. The molecule has 6 heteroatoms. The van der Waals surface area contributed by atoms with Crippen LogP contribution >= 0.6 is 0 Å². The van der Waals surface area contributed by atoms with Gasteiger partial charge in [0.15, 0.2) is 0 Å². The third-order valence-electron chi connectivity index (χ3n) is 5.31. The Morgan fingerprint density at radius 2 is 1.55 bits per heavy atom. The maximum absolute atomic E-state index is 13.3. The number of ether oxygens (including phenoxy) is 1. The van der Waals surface area contributed by atoms with E-state index in [2.05, 4.69) is 16.7 Å². The molecule has 0 aliphatic carbocycles. The molecule has 0 unspecified atom stereocenters. The second-order valence-electron chi connectivity index (χ2n) is 7.15. The molecule has 1 aromatic heterocycles. The van der Waals surface area contributed by atoms with Gasteiger partial charge in [0.05, 0.1) is 12.2 Å². The highest BCUT2D eigenvalue weighted by molar-refractivity contribution is 6.07. The predicted molar refractivity (Wildman–Crippen MR) is 112 cm³/mol. The number of para-hydroxylation sites is 1. The van der Waals surface area contributed by atoms with Crippen LogP contribution in [-0.2, 0) is 11.3 Å². The molecule has 6 nitrogen and oxygen atoms in total. The molecule has 150 valence electrons. The van der Waals surface area contributed by atoms with Crippen molar-refractivity contribution < 1.29 is 14.3 Å². The number of hydrogen-bond acceptors (Lipinski definition) is 3. The Kier molecular flexibility index (Phi) is 5.51. The molecule has 0 radical (unpaired) electrons. The van der Waals surface area contributed by atoms with Crippen molar-refractivity contribution in [2.45, 2.75) is 13.5 Å². The fraction of sp³-hybridized carbons (Fsp3) is 0.304. The summed E-state index contributed by atoms with van der Waals surface area (Å²) in [6.07, 6.45) is 1.65. The first kappa shape index (κ1) is 19.1. The maximum atomic E-state index is 13.3. The number of amides is 2. The van der Waals surface area contributed by atoms with E-state index in [0.717, 1.165) is 10.9 Å². The van der Waals surface area contributed by atoms with E-state index in [4.69, 9.17) is 4.74 Å². The molecule has 1 aliphatic rings. The summed E-state index contributed by atoms with van der Waals surface area (Å²) in [5, 5.41) is 0.959. The van der Waals surface area contributed by atoms with Gasteiger partial charge in [-0.05, 0) is 18.6 Å². The van der Waals surface area contributed by atoms with Crippen LogP contribution in [0.15, 0.2) is 60.8 Å². The van der Waals surface area contributed by atoms with Crippen molar-refractivity contribution in [2.75, 3.05) is 32.8 Å². The summed E-state index contributed by atoms with van der Waals surface area (Å²) in [5.41, 5.74) is 2.95. The Labute approximate surface area is 170 Å². The summed E-state index contributed by atoms with van der Waals surface area (Å²) in [6, 6.07) is 18.2. The Bertz CT molecular complexity index is 1000. The minimum Gasteiger partial charge on any atom is -0.450 e. The normalized spacial score (nSPS) is 14.2. The summed E-state index contributed by atoms with van der Waals surface area (Å²) >= 11 is 0. The highest BCUT2D eigenvalue weighted by Gasteiger charge is 2.27. The van der Waals surface area contributed by atoms with Crippen LogP contribution in [0.2, 0.25) is 0 Å². The highest BCUT2D eigenvalue weighted by Crippen LogP contribution is 2.24. The molecule has 1 saturated heterocycles. The SMILES string of the molecule is CCOC(=O)N1CCN(C(=O)c2cn(Cc3ccccc3)c3ccccc23)CC1. The standard InChI is InChI=1S/C23H25N3O3/c1-2-29-23(28)25-14-12-24(13-15-25)22(27)20-17-26(16-18-8-4-3-5-9-18)21-11-7-6-10-19(20)21/h3-11,17H,2,12-16H2,1H3. The van der Waals surface area contributed by atoms with Crippen LogP contribution in [0.25, 0.3) is 10.9 Å². The van der Waals surface area contributed by atoms with Gasteiger partial charge in [-0.1, -0.05) is 48.5 Å². The monoisotopic (exact) mass is 391 g/mol. The first-order valence-electron chi connectivity index (χ1n) is 10.00. The third kappa shape index (κ3) is 3.97. The summed E-state index contributed by atoms with van der Waals surface area (Å²) in [7, 11) is 0. The molecule has 2 amide bonds. The topological polar surface area (TPSA) is 54.8 Å². The predicted octanol–water partition coefficient (Wildman–Crippen LogP) is 3.60. The van der Waals surface area contributed by atoms with Gasteiger partial charge >= 0.3 is 6.09 Å². The van der Waals surface area contributed by atoms with Crippen molar-refractivity contribution in [2.24, 2.45) is 0 Å². The number of carbonyl (C=O) groups excluding carboxylic acids is 2. The molecular weight excluding hydrogens is 366 g/mol. The summed E-state index contributed by atoms with van der Waals surface area (Å²) < 4.78 is 7.19. The number of aromatic nitrogens is 1.